The van der Waals surface area contributed by atoms with Crippen molar-refractivity contribution in [1.82, 2.24) is 4.31 Å². The number of methoxy groups -OCH3 is 1. The molecule has 3 aromatic carbocycles. The number of sulfonamides is 1. The molecule has 12 heteroatoms. The number of ether oxygens (including phenoxy) is 2. The fraction of sp³-hybridized carbons (Fsp3) is 0.174. The van der Waals surface area contributed by atoms with Crippen LogP contribution in [0.15, 0.2) is 59.5 Å². The van der Waals surface area contributed by atoms with Gasteiger partial charge in [0.1, 0.15) is 23.1 Å². The number of nitrogens with zero attached hydrogens (tertiary/aromatic N) is 1. The van der Waals surface area contributed by atoms with Gasteiger partial charge in [-0.3, -0.25) is 0 Å². The van der Waals surface area contributed by atoms with Crippen molar-refractivity contribution in [2.45, 2.75) is 11.4 Å². The average molecular weight is 535 g/mol. The maximum absolute atomic E-state index is 14.1. The van der Waals surface area contributed by atoms with Crippen molar-refractivity contribution in [3.8, 4) is 22.6 Å². The van der Waals surface area contributed by atoms with Crippen LogP contribution in [-0.4, -0.2) is 45.2 Å². The Bertz CT molecular complexity index is 1290. The van der Waals surface area contributed by atoms with Crippen LogP contribution in [0.5, 0.6) is 11.5 Å². The molecule has 3 aromatic rings. The van der Waals surface area contributed by atoms with E-state index in [1.54, 1.807) is 30.6 Å². The second-order valence-electron chi connectivity index (χ2n) is 6.98. The van der Waals surface area contributed by atoms with Gasteiger partial charge in [0.2, 0.25) is 10.0 Å². The predicted molar refractivity (Wildman–Crippen MR) is 122 cm³/mol. The topological polar surface area (TPSA) is 103 Å². The summed E-state index contributed by atoms with van der Waals surface area (Å²) in [5, 5.41) is -0.305. The van der Waals surface area contributed by atoms with Crippen molar-refractivity contribution < 1.29 is 66.5 Å². The zero-order valence-corrected chi connectivity index (χ0v) is 22.7. The zero-order valence-electron chi connectivity index (χ0n) is 19.1. The number of hydrogen-bond donors (Lipinski definition) is 0. The minimum Gasteiger partial charge on any atom is -0.870 e. The first-order valence-electron chi connectivity index (χ1n) is 9.52. The quantitative estimate of drug-likeness (QED) is 0.304. The standard InChI is InChI=1S/C23H19ClF2NO5S.Na.H2O/c1-27(33(29,30)19-4-5-22(26)21(24)13-19)14-15-3-6-23(32-8-7-28)20(9-15)16-10-17(25)12-18(11-16)31-2;;/h3-6,9-13H,8,14H2,1-2H3;;1H2/q-1;+1;/p-1. The summed E-state index contributed by atoms with van der Waals surface area (Å²) >= 11 is 5.73. The summed E-state index contributed by atoms with van der Waals surface area (Å²) in [6.45, 7) is -0.394. The third-order valence-corrected chi connectivity index (χ3v) is 6.84. The third-order valence-electron chi connectivity index (χ3n) is 4.75. The van der Waals surface area contributed by atoms with Gasteiger partial charge in [-0.1, -0.05) is 17.7 Å². The van der Waals surface area contributed by atoms with E-state index < -0.39 is 21.7 Å². The molecule has 0 saturated carbocycles. The average Bonchev–Trinajstić information content (AvgIpc) is 2.79. The summed E-state index contributed by atoms with van der Waals surface area (Å²) in [6, 6.07) is 12.0. The first kappa shape index (κ1) is 31.0. The second-order valence-corrected chi connectivity index (χ2v) is 9.43. The predicted octanol–water partition coefficient (Wildman–Crippen LogP) is 1.43. The molecule has 0 heterocycles. The normalized spacial score (nSPS) is 10.8. The van der Waals surface area contributed by atoms with Gasteiger partial charge < -0.3 is 19.7 Å². The van der Waals surface area contributed by atoms with Crippen LogP contribution in [0, 0.1) is 11.6 Å². The van der Waals surface area contributed by atoms with E-state index in [1.807, 2.05) is 0 Å². The van der Waals surface area contributed by atoms with Gasteiger partial charge in [-0.05, 0) is 60.2 Å². The fourth-order valence-corrected chi connectivity index (χ4v) is 4.56. The molecule has 0 aliphatic carbocycles. The van der Waals surface area contributed by atoms with Gasteiger partial charge in [-0.2, -0.15) is 4.31 Å². The minimum atomic E-state index is -3.98. The van der Waals surface area contributed by atoms with Crippen molar-refractivity contribution in [1.29, 1.82) is 0 Å². The molecule has 0 aliphatic heterocycles. The molecule has 1 N–H and O–H groups in total. The Morgan fingerprint density at radius 2 is 1.77 bits per heavy atom. The molecule has 0 bridgehead atoms. The van der Waals surface area contributed by atoms with Gasteiger partial charge in [-0.15, -0.1) is 0 Å². The minimum absolute atomic E-state index is 0. The van der Waals surface area contributed by atoms with E-state index in [9.17, 15) is 22.0 Å². The van der Waals surface area contributed by atoms with Gasteiger partial charge in [0.15, 0.2) is 0 Å². The molecule has 0 unspecified atom stereocenters. The van der Waals surface area contributed by atoms with Crippen molar-refractivity contribution in [2.75, 3.05) is 20.8 Å². The number of halogens is 3. The molecule has 0 aliphatic rings. The fourth-order valence-electron chi connectivity index (χ4n) is 3.13. The van der Waals surface area contributed by atoms with Crippen molar-refractivity contribution in [3.05, 3.63) is 76.8 Å². The van der Waals surface area contributed by atoms with E-state index in [1.165, 1.54) is 26.3 Å². The van der Waals surface area contributed by atoms with E-state index in [-0.39, 0.29) is 69.6 Å². The third kappa shape index (κ3) is 7.47. The SMILES string of the molecule is COc1cc(F)cc(-c2cc(CN(C)S(=O)(=O)c3ccc(F)c(Cl)c3)ccc2OC[C-]=O)c1.[Na+].[OH-]. The molecule has 0 amide bonds. The Morgan fingerprint density at radius 1 is 1.06 bits per heavy atom. The molecule has 0 radical (unpaired) electrons. The first-order chi connectivity index (χ1) is 15.6. The summed E-state index contributed by atoms with van der Waals surface area (Å²) < 4.78 is 64.9. The molecule has 182 valence electrons. The van der Waals surface area contributed by atoms with E-state index in [0.29, 0.717) is 16.7 Å². The number of rotatable bonds is 9. The zero-order chi connectivity index (χ0) is 24.2. The van der Waals surface area contributed by atoms with Gasteiger partial charge in [0.25, 0.3) is 0 Å². The number of benzene rings is 3. The molecule has 0 saturated heterocycles. The van der Waals surface area contributed by atoms with E-state index in [4.69, 9.17) is 21.1 Å². The van der Waals surface area contributed by atoms with E-state index >= 15 is 0 Å². The van der Waals surface area contributed by atoms with Crippen LogP contribution in [0.3, 0.4) is 0 Å². The van der Waals surface area contributed by atoms with Gasteiger partial charge in [-0.25, -0.2) is 23.5 Å². The number of hydrogen-bond acceptors (Lipinski definition) is 6. The maximum atomic E-state index is 14.1. The van der Waals surface area contributed by atoms with Crippen LogP contribution in [0.1, 0.15) is 5.56 Å². The summed E-state index contributed by atoms with van der Waals surface area (Å²) in [4.78, 5) is 10.5. The molecular weight excluding hydrogens is 515 g/mol. The Kier molecular flexibility index (Phi) is 11.8. The molecule has 0 atom stereocenters. The summed E-state index contributed by atoms with van der Waals surface area (Å²) in [6.07, 6.45) is 1.63. The summed E-state index contributed by atoms with van der Waals surface area (Å²) in [5.74, 6) is -0.714. The van der Waals surface area contributed by atoms with Crippen LogP contribution in [0.4, 0.5) is 8.78 Å². The van der Waals surface area contributed by atoms with Gasteiger partial charge >= 0.3 is 29.6 Å². The van der Waals surface area contributed by atoms with Crippen LogP contribution >= 0.6 is 11.6 Å². The Morgan fingerprint density at radius 3 is 2.40 bits per heavy atom. The summed E-state index contributed by atoms with van der Waals surface area (Å²) in [5.41, 5.74) is 1.39. The van der Waals surface area contributed by atoms with E-state index in [0.717, 1.165) is 22.5 Å². The molecular formula is C23H20ClF2NNaO6S-. The van der Waals surface area contributed by atoms with Gasteiger partial charge in [0.05, 0.1) is 17.0 Å². The van der Waals surface area contributed by atoms with Crippen molar-refractivity contribution in [3.63, 3.8) is 0 Å². The molecule has 0 spiro atoms. The smallest absolute Gasteiger partial charge is 0.870 e. The Labute approximate surface area is 229 Å². The molecule has 3 rings (SSSR count). The monoisotopic (exact) mass is 534 g/mol. The Hall–Kier alpha value is -2.05. The largest absolute Gasteiger partial charge is 1.00 e. The molecule has 0 aromatic heterocycles. The van der Waals surface area contributed by atoms with Gasteiger partial charge in [0, 0.05) is 25.2 Å². The second kappa shape index (κ2) is 13.3. The van der Waals surface area contributed by atoms with Crippen molar-refractivity contribution in [2.24, 2.45) is 0 Å². The number of carbonyl (C=O) groups excluding carboxylic acids is 1. The first-order valence-corrected chi connectivity index (χ1v) is 11.3. The molecule has 7 nitrogen and oxygen atoms in total. The van der Waals surface area contributed by atoms with Crippen LogP contribution in [0.2, 0.25) is 5.02 Å². The van der Waals surface area contributed by atoms with E-state index in [2.05, 4.69) is 0 Å². The van der Waals surface area contributed by atoms with Crippen molar-refractivity contribution >= 4 is 27.9 Å². The maximum Gasteiger partial charge on any atom is 1.00 e. The molecule has 0 fully saturated rings. The molecule has 35 heavy (non-hydrogen) atoms. The van der Waals surface area contributed by atoms with Crippen LogP contribution in [-0.2, 0) is 21.4 Å². The summed E-state index contributed by atoms with van der Waals surface area (Å²) in [7, 11) is -1.21. The van der Waals surface area contributed by atoms with Crippen LogP contribution in [0.25, 0.3) is 11.1 Å². The van der Waals surface area contributed by atoms with Crippen LogP contribution < -0.4 is 39.0 Å². The Balaban J connectivity index is 0.00000306.